The maximum atomic E-state index is 13.3. The fraction of sp³-hybridized carbons (Fsp3) is 0.379. The van der Waals surface area contributed by atoms with Gasteiger partial charge < -0.3 is 15.4 Å². The van der Waals surface area contributed by atoms with Crippen LogP contribution in [0, 0.1) is 6.92 Å². The Hall–Kier alpha value is -4.54. The number of ether oxygens (including phenoxy) is 1. The molecule has 2 aromatic carbocycles. The number of aryl methyl sites for hydroxylation is 2. The van der Waals surface area contributed by atoms with Crippen LogP contribution in [0.1, 0.15) is 67.8 Å². The lowest BCUT2D eigenvalue weighted by Gasteiger charge is -2.24. The summed E-state index contributed by atoms with van der Waals surface area (Å²) < 4.78 is 6.52. The van der Waals surface area contributed by atoms with Crippen LogP contribution in [0.15, 0.2) is 47.3 Å². The number of benzene rings is 2. The van der Waals surface area contributed by atoms with Crippen molar-refractivity contribution < 1.29 is 23.9 Å². The molecule has 0 bridgehead atoms. The lowest BCUT2D eigenvalue weighted by molar-refractivity contribution is -0.135. The first-order chi connectivity index (χ1) is 18.9. The summed E-state index contributed by atoms with van der Waals surface area (Å²) in [4.78, 5) is 66.6. The van der Waals surface area contributed by atoms with E-state index in [-0.39, 0.29) is 30.0 Å². The molecule has 0 aliphatic carbocycles. The second-order valence-electron chi connectivity index (χ2n) is 10.7. The average molecular weight is 548 g/mol. The Bertz CT molecular complexity index is 1520. The number of alkyl carbamates (subject to hydrolysis) is 1. The van der Waals surface area contributed by atoms with Gasteiger partial charge in [0.25, 0.3) is 11.5 Å². The summed E-state index contributed by atoms with van der Waals surface area (Å²) in [6.45, 7) is 7.51. The molecule has 1 aliphatic heterocycles. The Morgan fingerprint density at radius 2 is 1.82 bits per heavy atom. The predicted molar refractivity (Wildman–Crippen MR) is 149 cm³/mol. The minimum Gasteiger partial charge on any atom is -0.444 e. The quantitative estimate of drug-likeness (QED) is 0.303. The van der Waals surface area contributed by atoms with E-state index in [1.54, 1.807) is 37.3 Å². The average Bonchev–Trinajstić information content (AvgIpc) is 2.87. The van der Waals surface area contributed by atoms with Crippen molar-refractivity contribution >= 4 is 40.4 Å². The largest absolute Gasteiger partial charge is 0.444 e. The van der Waals surface area contributed by atoms with Crippen molar-refractivity contribution in [3.05, 3.63) is 69.8 Å². The summed E-state index contributed by atoms with van der Waals surface area (Å²) >= 11 is 0. The zero-order chi connectivity index (χ0) is 29.0. The third-order valence-corrected chi connectivity index (χ3v) is 6.40. The molecular formula is C29H33N5O6. The molecule has 1 aliphatic rings. The minimum atomic E-state index is -0.827. The van der Waals surface area contributed by atoms with Gasteiger partial charge >= 0.3 is 6.09 Å². The van der Waals surface area contributed by atoms with Crippen molar-refractivity contribution in [1.82, 2.24) is 20.2 Å². The van der Waals surface area contributed by atoms with E-state index < -0.39 is 29.2 Å². The van der Waals surface area contributed by atoms with Gasteiger partial charge in [0, 0.05) is 18.5 Å². The van der Waals surface area contributed by atoms with E-state index in [9.17, 15) is 24.0 Å². The lowest BCUT2D eigenvalue weighted by Crippen LogP contribution is -2.45. The first kappa shape index (κ1) is 28.5. The highest BCUT2D eigenvalue weighted by Gasteiger charge is 2.30. The number of imide groups is 1. The highest BCUT2D eigenvalue weighted by atomic mass is 16.6. The molecule has 1 atom stereocenters. The van der Waals surface area contributed by atoms with Crippen LogP contribution in [0.25, 0.3) is 10.9 Å². The molecule has 1 fully saturated rings. The first-order valence-electron chi connectivity index (χ1n) is 13.2. The van der Waals surface area contributed by atoms with Gasteiger partial charge in [0.2, 0.25) is 11.8 Å². The smallest absolute Gasteiger partial charge is 0.407 e. The third kappa shape index (κ3) is 6.71. The molecule has 1 aromatic heterocycles. The third-order valence-electron chi connectivity index (χ3n) is 6.40. The van der Waals surface area contributed by atoms with Gasteiger partial charge in [-0.1, -0.05) is 18.2 Å². The summed E-state index contributed by atoms with van der Waals surface area (Å²) in [5, 5.41) is 8.09. The van der Waals surface area contributed by atoms with Crippen LogP contribution in [-0.4, -0.2) is 45.5 Å². The van der Waals surface area contributed by atoms with Crippen molar-refractivity contribution in [3.63, 3.8) is 0 Å². The Balaban J connectivity index is 1.43. The van der Waals surface area contributed by atoms with Crippen LogP contribution in [0.5, 0.6) is 0 Å². The SMILES string of the molecule is Cc1nc2c(NC(=O)c3ccc(CCCNC(=O)OC(C)(C)C)cc3)cccc2c(=O)n1C1CCC(=O)NC1=O. The number of amides is 4. The zero-order valence-electron chi connectivity index (χ0n) is 23.0. The number of anilines is 1. The summed E-state index contributed by atoms with van der Waals surface area (Å²) in [6, 6.07) is 11.2. The number of carbonyl (C=O) groups excluding carboxylic acids is 4. The lowest BCUT2D eigenvalue weighted by atomic mass is 10.1. The molecule has 1 unspecified atom stereocenters. The fourth-order valence-corrected chi connectivity index (χ4v) is 4.54. The molecule has 3 N–H and O–H groups in total. The number of aromatic nitrogens is 2. The minimum absolute atomic E-state index is 0.137. The van der Waals surface area contributed by atoms with Crippen LogP contribution in [-0.2, 0) is 20.7 Å². The molecule has 11 heteroatoms. The maximum Gasteiger partial charge on any atom is 0.407 e. The summed E-state index contributed by atoms with van der Waals surface area (Å²) in [5.41, 5.74) is 1.17. The number of hydrogen-bond acceptors (Lipinski definition) is 7. The van der Waals surface area contributed by atoms with E-state index in [1.807, 2.05) is 32.9 Å². The van der Waals surface area contributed by atoms with Crippen molar-refractivity contribution in [2.24, 2.45) is 0 Å². The van der Waals surface area contributed by atoms with Gasteiger partial charge in [-0.2, -0.15) is 0 Å². The number of fused-ring (bicyclic) bond motifs is 1. The molecular weight excluding hydrogens is 514 g/mol. The maximum absolute atomic E-state index is 13.3. The van der Waals surface area contributed by atoms with E-state index in [1.165, 1.54) is 4.57 Å². The van der Waals surface area contributed by atoms with Gasteiger partial charge in [-0.15, -0.1) is 0 Å². The normalized spacial score (nSPS) is 15.4. The number of hydrogen-bond donors (Lipinski definition) is 3. The second kappa shape index (κ2) is 11.7. The molecule has 11 nitrogen and oxygen atoms in total. The van der Waals surface area contributed by atoms with Crippen LogP contribution in [0.3, 0.4) is 0 Å². The first-order valence-corrected chi connectivity index (χ1v) is 13.2. The highest BCUT2D eigenvalue weighted by molar-refractivity contribution is 6.08. The van der Waals surface area contributed by atoms with Gasteiger partial charge in [-0.3, -0.25) is 29.1 Å². The standard InChI is InChI=1S/C29H33N5O6/c1-17-31-24-20(27(38)34(17)22-14-15-23(35)33-26(22)37)8-5-9-21(24)32-25(36)19-12-10-18(11-13-19)7-6-16-30-28(39)40-29(2,3)4/h5,8-13,22H,6-7,14-16H2,1-4H3,(H,30,39)(H,32,36)(H,33,35,37). The molecule has 4 rings (SSSR count). The number of piperidine rings is 1. The molecule has 40 heavy (non-hydrogen) atoms. The number of para-hydroxylation sites is 1. The van der Waals surface area contributed by atoms with Gasteiger partial charge in [0.15, 0.2) is 0 Å². The number of nitrogens with one attached hydrogen (secondary N) is 3. The molecule has 2 heterocycles. The molecule has 0 radical (unpaired) electrons. The number of nitrogens with zero attached hydrogens (tertiary/aromatic N) is 2. The summed E-state index contributed by atoms with van der Waals surface area (Å²) in [7, 11) is 0. The van der Waals surface area contributed by atoms with Gasteiger partial charge in [-0.25, -0.2) is 9.78 Å². The Morgan fingerprint density at radius 1 is 1.10 bits per heavy atom. The molecule has 0 saturated carbocycles. The Kier molecular flexibility index (Phi) is 8.32. The van der Waals surface area contributed by atoms with Gasteiger partial charge in [0.05, 0.1) is 11.1 Å². The van der Waals surface area contributed by atoms with E-state index in [2.05, 4.69) is 20.9 Å². The van der Waals surface area contributed by atoms with Crippen molar-refractivity contribution in [1.29, 1.82) is 0 Å². The van der Waals surface area contributed by atoms with Crippen molar-refractivity contribution in [3.8, 4) is 0 Å². The highest BCUT2D eigenvalue weighted by Crippen LogP contribution is 2.24. The zero-order valence-corrected chi connectivity index (χ0v) is 23.0. The summed E-state index contributed by atoms with van der Waals surface area (Å²) in [5.74, 6) is -0.956. The van der Waals surface area contributed by atoms with Crippen molar-refractivity contribution in [2.75, 3.05) is 11.9 Å². The van der Waals surface area contributed by atoms with Crippen LogP contribution in [0.4, 0.5) is 10.5 Å². The molecule has 4 amide bonds. The van der Waals surface area contributed by atoms with Crippen LogP contribution >= 0.6 is 0 Å². The topological polar surface area (TPSA) is 148 Å². The van der Waals surface area contributed by atoms with Crippen molar-refractivity contribution in [2.45, 2.75) is 65.0 Å². The van der Waals surface area contributed by atoms with E-state index >= 15 is 0 Å². The van der Waals surface area contributed by atoms with Crippen LogP contribution in [0.2, 0.25) is 0 Å². The Morgan fingerprint density at radius 3 is 2.50 bits per heavy atom. The molecule has 0 spiro atoms. The molecule has 1 saturated heterocycles. The fourth-order valence-electron chi connectivity index (χ4n) is 4.54. The van der Waals surface area contributed by atoms with E-state index in [4.69, 9.17) is 4.74 Å². The van der Waals surface area contributed by atoms with E-state index in [0.717, 1.165) is 5.56 Å². The monoisotopic (exact) mass is 547 g/mol. The molecule has 210 valence electrons. The predicted octanol–water partition coefficient (Wildman–Crippen LogP) is 3.39. The Labute approximate surface area is 231 Å². The number of rotatable bonds is 7. The summed E-state index contributed by atoms with van der Waals surface area (Å²) in [6.07, 6.45) is 1.32. The van der Waals surface area contributed by atoms with Gasteiger partial charge in [-0.05, 0) is 76.8 Å². The molecule has 3 aromatic rings. The second-order valence-corrected chi connectivity index (χ2v) is 10.7. The number of carbonyl (C=O) groups is 4. The van der Waals surface area contributed by atoms with Gasteiger partial charge in [0.1, 0.15) is 23.0 Å². The van der Waals surface area contributed by atoms with Crippen LogP contribution < -0.4 is 21.5 Å². The van der Waals surface area contributed by atoms with E-state index in [0.29, 0.717) is 42.0 Å².